The fraction of sp³-hybridized carbons (Fsp3) is 0.386. The van der Waals surface area contributed by atoms with E-state index in [4.69, 9.17) is 14.2 Å². The van der Waals surface area contributed by atoms with Crippen molar-refractivity contribution in [3.63, 3.8) is 0 Å². The Morgan fingerprint density at radius 2 is 1.15 bits per heavy atom. The summed E-state index contributed by atoms with van der Waals surface area (Å²) in [6.07, 6.45) is 11.9. The number of allylic oxidation sites excluding steroid dienone is 1. The number of carbonyl (C=O) groups is 1. The number of esters is 1. The number of ether oxygens (including phenoxy) is 3. The second-order valence-electron chi connectivity index (χ2n) is 15.1. The van der Waals surface area contributed by atoms with E-state index in [2.05, 4.69) is 91.0 Å². The third kappa shape index (κ3) is 6.17. The molecule has 0 aromatic heterocycles. The molecule has 1 saturated heterocycles. The van der Waals surface area contributed by atoms with Gasteiger partial charge in [-0.15, -0.1) is 0 Å². The second-order valence-corrected chi connectivity index (χ2v) is 15.1. The fourth-order valence-corrected chi connectivity index (χ4v) is 9.89. The van der Waals surface area contributed by atoms with Crippen LogP contribution in [0.3, 0.4) is 0 Å². The number of hydrogen-bond donors (Lipinski definition) is 0. The molecule has 246 valence electrons. The fourth-order valence-electron chi connectivity index (χ4n) is 9.89. The van der Waals surface area contributed by atoms with E-state index in [9.17, 15) is 4.79 Å². The highest BCUT2D eigenvalue weighted by Gasteiger charge is 2.51. The summed E-state index contributed by atoms with van der Waals surface area (Å²) in [4.78, 5) is 13.8. The summed E-state index contributed by atoms with van der Waals surface area (Å²) in [5.74, 6) is 2.42. The van der Waals surface area contributed by atoms with Crippen LogP contribution in [-0.4, -0.2) is 24.8 Å². The van der Waals surface area contributed by atoms with Crippen LogP contribution < -0.4 is 0 Å². The number of carbonyl (C=O) groups excluding carboxylic acids is 1. The Morgan fingerprint density at radius 3 is 1.65 bits per heavy atom. The van der Waals surface area contributed by atoms with E-state index >= 15 is 0 Å². The minimum atomic E-state index is -0.956. The summed E-state index contributed by atoms with van der Waals surface area (Å²) >= 11 is 0. The van der Waals surface area contributed by atoms with Gasteiger partial charge in [-0.3, -0.25) is 0 Å². The average molecular weight is 639 g/mol. The van der Waals surface area contributed by atoms with Gasteiger partial charge in [-0.05, 0) is 90.4 Å². The lowest BCUT2D eigenvalue weighted by Gasteiger charge is -2.56. The summed E-state index contributed by atoms with van der Waals surface area (Å²) in [7, 11) is 0. The highest BCUT2D eigenvalue weighted by atomic mass is 16.6. The minimum Gasteiger partial charge on any atom is -0.450 e. The smallest absolute Gasteiger partial charge is 0.334 e. The van der Waals surface area contributed by atoms with Gasteiger partial charge >= 0.3 is 5.97 Å². The van der Waals surface area contributed by atoms with E-state index in [1.54, 1.807) is 0 Å². The topological polar surface area (TPSA) is 44.8 Å². The van der Waals surface area contributed by atoms with E-state index < -0.39 is 11.2 Å². The molecule has 4 aromatic carbocycles. The average Bonchev–Trinajstić information content (AvgIpc) is 3.44. The molecule has 0 amide bonds. The molecule has 48 heavy (non-hydrogen) atoms. The van der Waals surface area contributed by atoms with Crippen LogP contribution in [-0.2, 0) is 31.2 Å². The first-order chi connectivity index (χ1) is 23.5. The van der Waals surface area contributed by atoms with Crippen molar-refractivity contribution in [2.45, 2.75) is 69.2 Å². The van der Waals surface area contributed by atoms with Crippen LogP contribution in [0.2, 0.25) is 0 Å². The molecule has 4 saturated carbocycles. The van der Waals surface area contributed by atoms with Crippen LogP contribution in [0.4, 0.5) is 0 Å². The van der Waals surface area contributed by atoms with Crippen molar-refractivity contribution in [1.82, 2.24) is 0 Å². The molecule has 1 atom stereocenters. The van der Waals surface area contributed by atoms with Gasteiger partial charge in [0.1, 0.15) is 5.60 Å². The van der Waals surface area contributed by atoms with E-state index in [0.717, 1.165) is 52.0 Å². The van der Waals surface area contributed by atoms with E-state index in [-0.39, 0.29) is 19.2 Å². The zero-order chi connectivity index (χ0) is 32.4. The number of cyclic esters (lactones) is 1. The first-order valence-electron chi connectivity index (χ1n) is 17.9. The third-order valence-corrected chi connectivity index (χ3v) is 11.6. The largest absolute Gasteiger partial charge is 0.450 e. The van der Waals surface area contributed by atoms with Crippen LogP contribution >= 0.6 is 0 Å². The van der Waals surface area contributed by atoms with Crippen molar-refractivity contribution >= 4 is 5.97 Å². The van der Waals surface area contributed by atoms with Crippen LogP contribution in [0.1, 0.15) is 73.6 Å². The number of hydrogen-bond acceptors (Lipinski definition) is 4. The number of benzene rings is 4. The van der Waals surface area contributed by atoms with Gasteiger partial charge in [0.15, 0.2) is 5.60 Å². The minimum absolute atomic E-state index is 0.181. The highest BCUT2D eigenvalue weighted by Crippen LogP contribution is 2.61. The van der Waals surface area contributed by atoms with Gasteiger partial charge in [-0.25, -0.2) is 4.79 Å². The zero-order valence-corrected chi connectivity index (χ0v) is 27.8. The Morgan fingerprint density at radius 1 is 0.667 bits per heavy atom. The van der Waals surface area contributed by atoms with Crippen molar-refractivity contribution in [3.8, 4) is 0 Å². The van der Waals surface area contributed by atoms with Gasteiger partial charge in [0.05, 0.1) is 19.8 Å². The molecule has 1 aliphatic heterocycles. The standard InChI is InChI=1S/C44H46O4/c45-41-37(21-22-42-26-34-23-35(27-42)25-36(24-34)28-42)29-43(48-41,31-46-30-33-13-5-1-6-14-33)32-47-44(38-15-7-2-8-16-38,39-17-9-3-10-18-39)40-19-11-4-12-20-40/h1-21,34-36H,22-32H2/b37-21+/t34?,35?,36?,42?,43-/m1/s1. The molecular formula is C44H46O4. The van der Waals surface area contributed by atoms with E-state index in [1.165, 1.54) is 38.5 Å². The van der Waals surface area contributed by atoms with Crippen molar-refractivity contribution in [3.05, 3.63) is 155 Å². The lowest BCUT2D eigenvalue weighted by molar-refractivity contribution is -0.167. The summed E-state index contributed by atoms with van der Waals surface area (Å²) < 4.78 is 20.1. The molecule has 5 fully saturated rings. The first-order valence-corrected chi connectivity index (χ1v) is 17.9. The molecule has 0 radical (unpaired) electrons. The number of rotatable bonds is 12. The maximum Gasteiger partial charge on any atom is 0.334 e. The molecule has 0 N–H and O–H groups in total. The predicted octanol–water partition coefficient (Wildman–Crippen LogP) is 9.43. The van der Waals surface area contributed by atoms with Gasteiger partial charge in [0.25, 0.3) is 0 Å². The zero-order valence-electron chi connectivity index (χ0n) is 27.8. The molecule has 0 unspecified atom stereocenters. The second kappa shape index (κ2) is 13.1. The molecule has 4 heteroatoms. The van der Waals surface area contributed by atoms with Gasteiger partial charge in [0.2, 0.25) is 0 Å². The Balaban J connectivity index is 1.12. The predicted molar refractivity (Wildman–Crippen MR) is 188 cm³/mol. The van der Waals surface area contributed by atoms with E-state index in [0.29, 0.717) is 18.4 Å². The van der Waals surface area contributed by atoms with Gasteiger partial charge in [0, 0.05) is 12.0 Å². The Hall–Kier alpha value is -3.99. The van der Waals surface area contributed by atoms with Gasteiger partial charge in [-0.1, -0.05) is 127 Å². The highest BCUT2D eigenvalue weighted by molar-refractivity contribution is 5.91. The first kappa shape index (κ1) is 31.3. The molecule has 0 spiro atoms. The maximum absolute atomic E-state index is 13.8. The Labute approximate surface area is 285 Å². The molecule has 4 aromatic rings. The van der Waals surface area contributed by atoms with Crippen molar-refractivity contribution < 1.29 is 19.0 Å². The van der Waals surface area contributed by atoms with Crippen molar-refractivity contribution in [2.75, 3.05) is 13.2 Å². The van der Waals surface area contributed by atoms with Gasteiger partial charge < -0.3 is 14.2 Å². The quantitative estimate of drug-likeness (QED) is 0.0881. The molecule has 4 nitrogen and oxygen atoms in total. The summed E-state index contributed by atoms with van der Waals surface area (Å²) in [6.45, 7) is 0.866. The van der Waals surface area contributed by atoms with Crippen molar-refractivity contribution in [1.29, 1.82) is 0 Å². The Kier molecular flexibility index (Phi) is 8.56. The summed E-state index contributed by atoms with van der Waals surface area (Å²) in [5, 5.41) is 0. The molecule has 4 bridgehead atoms. The summed E-state index contributed by atoms with van der Waals surface area (Å²) in [6, 6.07) is 41.3. The monoisotopic (exact) mass is 638 g/mol. The maximum atomic E-state index is 13.8. The summed E-state index contributed by atoms with van der Waals surface area (Å²) in [5.41, 5.74) is 3.40. The van der Waals surface area contributed by atoms with Crippen LogP contribution in [0.25, 0.3) is 0 Å². The lowest BCUT2D eigenvalue weighted by atomic mass is 9.49. The Bertz CT molecular complexity index is 1580. The molecule has 5 aliphatic rings. The molecule has 9 rings (SSSR count). The van der Waals surface area contributed by atoms with E-state index in [1.807, 2.05) is 36.4 Å². The lowest BCUT2D eigenvalue weighted by Crippen LogP contribution is -2.45. The molecule has 4 aliphatic carbocycles. The van der Waals surface area contributed by atoms with Crippen LogP contribution in [0, 0.1) is 23.2 Å². The SMILES string of the molecule is O=C1O[C@](COCc2ccccc2)(COC(c2ccccc2)(c2ccccc2)c2ccccc2)C/C1=C\CC12CC3CC(CC(C3)C1)C2. The van der Waals surface area contributed by atoms with Crippen LogP contribution in [0.5, 0.6) is 0 Å². The third-order valence-electron chi connectivity index (χ3n) is 11.6. The molecule has 1 heterocycles. The molecular weight excluding hydrogens is 592 g/mol. The van der Waals surface area contributed by atoms with Crippen molar-refractivity contribution in [2.24, 2.45) is 23.2 Å². The van der Waals surface area contributed by atoms with Crippen LogP contribution in [0.15, 0.2) is 133 Å². The normalized spacial score (nSPS) is 28.5. The van der Waals surface area contributed by atoms with Gasteiger partial charge in [-0.2, -0.15) is 0 Å².